The highest BCUT2D eigenvalue weighted by Crippen LogP contribution is 2.15. The van der Waals surface area contributed by atoms with E-state index in [1.165, 1.54) is 0 Å². The van der Waals surface area contributed by atoms with E-state index >= 15 is 0 Å². The minimum Gasteiger partial charge on any atom is -0.494 e. The van der Waals surface area contributed by atoms with Crippen LogP contribution in [-0.2, 0) is 9.53 Å². The van der Waals surface area contributed by atoms with Crippen molar-refractivity contribution < 1.29 is 19.1 Å². The molecule has 148 valence electrons. The van der Waals surface area contributed by atoms with E-state index in [4.69, 9.17) is 9.47 Å². The minimum absolute atomic E-state index is 0.148. The molecule has 0 spiro atoms. The standard InChI is InChI=1S/C23H27NO4/c1-18(2)23(26)28-17-9-4-3-8-16-27-21-14-12-19(13-15-21)22(25)24-20-10-6-5-7-11-20/h5-7,10-15H,1,3-4,8-9,16-17H2,2H3,(H,24,25). The van der Waals surface area contributed by atoms with Crippen LogP contribution in [0.2, 0.25) is 0 Å². The molecule has 1 amide bonds. The summed E-state index contributed by atoms with van der Waals surface area (Å²) in [5.74, 6) is 0.265. The van der Waals surface area contributed by atoms with Gasteiger partial charge in [-0.3, -0.25) is 4.79 Å². The van der Waals surface area contributed by atoms with Crippen LogP contribution in [0.3, 0.4) is 0 Å². The van der Waals surface area contributed by atoms with Crippen molar-refractivity contribution in [3.8, 4) is 5.75 Å². The first-order chi connectivity index (χ1) is 13.6. The van der Waals surface area contributed by atoms with Gasteiger partial charge < -0.3 is 14.8 Å². The van der Waals surface area contributed by atoms with Crippen LogP contribution in [0.15, 0.2) is 66.7 Å². The maximum Gasteiger partial charge on any atom is 0.333 e. The molecule has 0 aromatic heterocycles. The van der Waals surface area contributed by atoms with Crippen molar-refractivity contribution in [1.82, 2.24) is 0 Å². The van der Waals surface area contributed by atoms with E-state index < -0.39 is 0 Å². The van der Waals surface area contributed by atoms with Gasteiger partial charge in [-0.15, -0.1) is 0 Å². The maximum atomic E-state index is 12.2. The second kappa shape index (κ2) is 11.6. The Kier molecular flexibility index (Phi) is 8.79. The number of para-hydroxylation sites is 1. The van der Waals surface area contributed by atoms with Gasteiger partial charge in [-0.2, -0.15) is 0 Å². The van der Waals surface area contributed by atoms with Crippen LogP contribution < -0.4 is 10.1 Å². The average Bonchev–Trinajstić information content (AvgIpc) is 2.70. The quantitative estimate of drug-likeness (QED) is 0.338. The fourth-order valence-corrected chi connectivity index (χ4v) is 2.46. The molecule has 1 N–H and O–H groups in total. The first-order valence-electron chi connectivity index (χ1n) is 9.48. The number of anilines is 1. The Labute approximate surface area is 166 Å². The van der Waals surface area contributed by atoms with Gasteiger partial charge in [0, 0.05) is 16.8 Å². The second-order valence-electron chi connectivity index (χ2n) is 6.52. The van der Waals surface area contributed by atoms with Crippen molar-refractivity contribution in [2.45, 2.75) is 32.6 Å². The van der Waals surface area contributed by atoms with Crippen molar-refractivity contribution in [3.05, 3.63) is 72.3 Å². The van der Waals surface area contributed by atoms with Crippen LogP contribution >= 0.6 is 0 Å². The number of esters is 1. The third-order valence-electron chi connectivity index (χ3n) is 4.04. The molecule has 0 fully saturated rings. The predicted molar refractivity (Wildman–Crippen MR) is 111 cm³/mol. The number of amides is 1. The minimum atomic E-state index is -0.329. The molecule has 5 heteroatoms. The summed E-state index contributed by atoms with van der Waals surface area (Å²) in [6.45, 7) is 6.23. The summed E-state index contributed by atoms with van der Waals surface area (Å²) in [4.78, 5) is 23.4. The Hall–Kier alpha value is -3.08. The zero-order valence-corrected chi connectivity index (χ0v) is 16.3. The van der Waals surface area contributed by atoms with Gasteiger partial charge in [0.1, 0.15) is 5.75 Å². The normalized spacial score (nSPS) is 10.2. The number of carbonyl (C=O) groups excluding carboxylic acids is 2. The Morgan fingerprint density at radius 1 is 0.893 bits per heavy atom. The van der Waals surface area contributed by atoms with E-state index in [9.17, 15) is 9.59 Å². The zero-order chi connectivity index (χ0) is 20.2. The molecule has 0 saturated carbocycles. The first-order valence-corrected chi connectivity index (χ1v) is 9.48. The Bertz CT molecular complexity index is 769. The molecule has 2 rings (SSSR count). The lowest BCUT2D eigenvalue weighted by Crippen LogP contribution is -2.11. The average molecular weight is 381 g/mol. The van der Waals surface area contributed by atoms with Crippen molar-refractivity contribution in [3.63, 3.8) is 0 Å². The number of rotatable bonds is 11. The molecule has 0 heterocycles. The second-order valence-corrected chi connectivity index (χ2v) is 6.52. The number of nitrogens with one attached hydrogen (secondary N) is 1. The van der Waals surface area contributed by atoms with Gasteiger partial charge in [0.25, 0.3) is 5.91 Å². The third kappa shape index (κ3) is 7.66. The number of unbranched alkanes of at least 4 members (excludes halogenated alkanes) is 3. The summed E-state index contributed by atoms with van der Waals surface area (Å²) in [7, 11) is 0. The molecule has 0 bridgehead atoms. The molecular weight excluding hydrogens is 354 g/mol. The fourth-order valence-electron chi connectivity index (χ4n) is 2.46. The Morgan fingerprint density at radius 3 is 2.18 bits per heavy atom. The molecule has 0 atom stereocenters. The van der Waals surface area contributed by atoms with Crippen LogP contribution in [0, 0.1) is 0 Å². The van der Waals surface area contributed by atoms with E-state index in [-0.39, 0.29) is 11.9 Å². The fraction of sp³-hybridized carbons (Fsp3) is 0.304. The largest absolute Gasteiger partial charge is 0.494 e. The van der Waals surface area contributed by atoms with Gasteiger partial charge in [-0.05, 0) is 69.0 Å². The van der Waals surface area contributed by atoms with Gasteiger partial charge in [-0.1, -0.05) is 24.8 Å². The van der Waals surface area contributed by atoms with Gasteiger partial charge in [0.05, 0.1) is 13.2 Å². The molecule has 2 aromatic rings. The number of ether oxygens (including phenoxy) is 2. The zero-order valence-electron chi connectivity index (χ0n) is 16.3. The van der Waals surface area contributed by atoms with Crippen molar-refractivity contribution in [2.75, 3.05) is 18.5 Å². The van der Waals surface area contributed by atoms with E-state index in [2.05, 4.69) is 11.9 Å². The predicted octanol–water partition coefficient (Wildman–Crippen LogP) is 5.00. The third-order valence-corrected chi connectivity index (χ3v) is 4.04. The van der Waals surface area contributed by atoms with Crippen LogP contribution in [0.25, 0.3) is 0 Å². The summed E-state index contributed by atoms with van der Waals surface area (Å²) < 4.78 is 10.8. The smallest absolute Gasteiger partial charge is 0.333 e. The number of hydrogen-bond acceptors (Lipinski definition) is 4. The molecule has 0 aliphatic carbocycles. The number of carbonyl (C=O) groups is 2. The number of hydrogen-bond donors (Lipinski definition) is 1. The molecule has 0 aliphatic heterocycles. The molecule has 5 nitrogen and oxygen atoms in total. The Morgan fingerprint density at radius 2 is 1.54 bits per heavy atom. The van der Waals surface area contributed by atoms with Gasteiger partial charge in [0.15, 0.2) is 0 Å². The molecule has 0 radical (unpaired) electrons. The van der Waals surface area contributed by atoms with Crippen LogP contribution in [0.5, 0.6) is 5.75 Å². The highest BCUT2D eigenvalue weighted by molar-refractivity contribution is 6.04. The van der Waals surface area contributed by atoms with Crippen LogP contribution in [-0.4, -0.2) is 25.1 Å². The molecule has 0 saturated heterocycles. The number of benzene rings is 2. The molecule has 0 unspecified atom stereocenters. The molecule has 2 aromatic carbocycles. The summed E-state index contributed by atoms with van der Waals surface area (Å²) in [6, 6.07) is 16.5. The van der Waals surface area contributed by atoms with Crippen molar-refractivity contribution in [1.29, 1.82) is 0 Å². The van der Waals surface area contributed by atoms with E-state index in [1.54, 1.807) is 31.2 Å². The van der Waals surface area contributed by atoms with E-state index in [0.717, 1.165) is 37.1 Å². The molecule has 28 heavy (non-hydrogen) atoms. The first kappa shape index (κ1) is 21.2. The molecule has 0 aliphatic rings. The summed E-state index contributed by atoms with van der Waals surface area (Å²) in [6.07, 6.45) is 3.74. The van der Waals surface area contributed by atoms with Crippen LogP contribution in [0.4, 0.5) is 5.69 Å². The molecular formula is C23H27NO4. The summed E-state index contributed by atoms with van der Waals surface area (Å²) in [5, 5.41) is 2.85. The van der Waals surface area contributed by atoms with E-state index in [0.29, 0.717) is 24.4 Å². The van der Waals surface area contributed by atoms with Crippen molar-refractivity contribution >= 4 is 17.6 Å². The monoisotopic (exact) mass is 381 g/mol. The summed E-state index contributed by atoms with van der Waals surface area (Å²) >= 11 is 0. The highest BCUT2D eigenvalue weighted by Gasteiger charge is 2.06. The topological polar surface area (TPSA) is 64.6 Å². The Balaban J connectivity index is 1.60. The SMILES string of the molecule is C=C(C)C(=O)OCCCCCCOc1ccc(C(=O)Nc2ccccc2)cc1. The van der Waals surface area contributed by atoms with Gasteiger partial charge in [-0.25, -0.2) is 4.79 Å². The lowest BCUT2D eigenvalue weighted by atomic mass is 10.2. The lowest BCUT2D eigenvalue weighted by Gasteiger charge is -2.08. The highest BCUT2D eigenvalue weighted by atomic mass is 16.5. The maximum absolute atomic E-state index is 12.2. The van der Waals surface area contributed by atoms with Gasteiger partial charge in [0.2, 0.25) is 0 Å². The summed E-state index contributed by atoms with van der Waals surface area (Å²) in [5.41, 5.74) is 1.78. The van der Waals surface area contributed by atoms with Gasteiger partial charge >= 0.3 is 5.97 Å². The van der Waals surface area contributed by atoms with Crippen molar-refractivity contribution in [2.24, 2.45) is 0 Å². The lowest BCUT2D eigenvalue weighted by molar-refractivity contribution is -0.139. The van der Waals surface area contributed by atoms with Crippen LogP contribution in [0.1, 0.15) is 43.0 Å². The van der Waals surface area contributed by atoms with E-state index in [1.807, 2.05) is 30.3 Å².